The number of benzene rings is 2. The van der Waals surface area contributed by atoms with Gasteiger partial charge in [0.05, 0.1) is 0 Å². The van der Waals surface area contributed by atoms with Gasteiger partial charge >= 0.3 is 0 Å². The molecular weight excluding hydrogens is 302 g/mol. The van der Waals surface area contributed by atoms with Crippen LogP contribution in [0.3, 0.4) is 0 Å². The summed E-state index contributed by atoms with van der Waals surface area (Å²) in [6, 6.07) is 19.5. The molecule has 0 aliphatic heterocycles. The Kier molecular flexibility index (Phi) is 5.29. The molecule has 1 amide bonds. The zero-order valence-electron chi connectivity index (χ0n) is 13.2. The average Bonchev–Trinajstić information content (AvgIpc) is 3.16. The van der Waals surface area contributed by atoms with Gasteiger partial charge in [-0.3, -0.25) is 4.79 Å². The van der Waals surface area contributed by atoms with Gasteiger partial charge in [-0.15, -0.1) is 5.10 Å². The number of hydrogen-bond donors (Lipinski definition) is 1. The Hall–Kier alpha value is -3.02. The summed E-state index contributed by atoms with van der Waals surface area (Å²) in [4.78, 5) is 12.6. The summed E-state index contributed by atoms with van der Waals surface area (Å²) in [7, 11) is 0. The number of tetrazole rings is 1. The second-order valence-corrected chi connectivity index (χ2v) is 5.52. The van der Waals surface area contributed by atoms with Crippen molar-refractivity contribution in [3.05, 3.63) is 78.1 Å². The van der Waals surface area contributed by atoms with Crippen molar-refractivity contribution in [1.29, 1.82) is 0 Å². The molecular formula is C18H19N5O. The normalized spacial score (nSPS) is 11.8. The van der Waals surface area contributed by atoms with Crippen LogP contribution in [0.4, 0.5) is 0 Å². The molecule has 0 bridgehead atoms. The van der Waals surface area contributed by atoms with E-state index in [0.717, 1.165) is 12.0 Å². The topological polar surface area (TPSA) is 72.7 Å². The molecule has 24 heavy (non-hydrogen) atoms. The van der Waals surface area contributed by atoms with E-state index >= 15 is 0 Å². The molecule has 0 unspecified atom stereocenters. The monoisotopic (exact) mass is 321 g/mol. The predicted molar refractivity (Wildman–Crippen MR) is 90.2 cm³/mol. The number of rotatable bonds is 7. The van der Waals surface area contributed by atoms with E-state index in [1.165, 1.54) is 16.6 Å². The first-order valence-corrected chi connectivity index (χ1v) is 7.91. The van der Waals surface area contributed by atoms with Crippen molar-refractivity contribution in [2.45, 2.75) is 18.9 Å². The fourth-order valence-electron chi connectivity index (χ4n) is 2.55. The molecule has 3 aromatic rings. The summed E-state index contributed by atoms with van der Waals surface area (Å²) in [5.41, 5.74) is 2.26. The Bertz CT molecular complexity index is 744. The van der Waals surface area contributed by atoms with E-state index in [0.29, 0.717) is 13.0 Å². The van der Waals surface area contributed by atoms with Gasteiger partial charge in [-0.05, 0) is 28.0 Å². The van der Waals surface area contributed by atoms with E-state index in [-0.39, 0.29) is 5.91 Å². The minimum Gasteiger partial charge on any atom is -0.354 e. The fourth-order valence-corrected chi connectivity index (χ4v) is 2.55. The summed E-state index contributed by atoms with van der Waals surface area (Å²) < 4.78 is 1.50. The van der Waals surface area contributed by atoms with Crippen molar-refractivity contribution in [1.82, 2.24) is 25.5 Å². The maximum Gasteiger partial charge on any atom is 0.245 e. The van der Waals surface area contributed by atoms with Crippen molar-refractivity contribution < 1.29 is 4.79 Å². The lowest BCUT2D eigenvalue weighted by molar-refractivity contribution is -0.124. The molecule has 0 saturated heterocycles. The number of hydrogen-bond acceptors (Lipinski definition) is 4. The van der Waals surface area contributed by atoms with Gasteiger partial charge in [0, 0.05) is 13.0 Å². The van der Waals surface area contributed by atoms with Crippen LogP contribution in [-0.4, -0.2) is 32.7 Å². The molecule has 0 aliphatic rings. The first-order valence-electron chi connectivity index (χ1n) is 7.91. The molecule has 6 nitrogen and oxygen atoms in total. The Morgan fingerprint density at radius 2 is 1.67 bits per heavy atom. The molecule has 3 rings (SSSR count). The van der Waals surface area contributed by atoms with Crippen LogP contribution in [0.1, 0.15) is 17.2 Å². The third kappa shape index (κ3) is 4.25. The molecule has 0 spiro atoms. The largest absolute Gasteiger partial charge is 0.354 e. The summed E-state index contributed by atoms with van der Waals surface area (Å²) in [5.74, 6) is -0.0814. The summed E-state index contributed by atoms with van der Waals surface area (Å²) in [6.07, 6.45) is 2.81. The van der Waals surface area contributed by atoms with E-state index in [1.807, 2.05) is 48.5 Å². The minimum atomic E-state index is -0.460. The average molecular weight is 321 g/mol. The Labute approximate surface area is 140 Å². The van der Waals surface area contributed by atoms with Gasteiger partial charge in [-0.25, -0.2) is 4.68 Å². The molecule has 1 atom stereocenters. The summed E-state index contributed by atoms with van der Waals surface area (Å²) >= 11 is 0. The standard InChI is InChI=1S/C18H19N5O/c24-18(19-12-11-15-7-3-1-4-8-15)17(23-14-20-21-22-23)13-16-9-5-2-6-10-16/h1-10,14,17H,11-13H2,(H,19,24)/t17-/m0/s1. The minimum absolute atomic E-state index is 0.0814. The number of aromatic nitrogens is 4. The van der Waals surface area contributed by atoms with Gasteiger partial charge in [-0.2, -0.15) is 0 Å². The van der Waals surface area contributed by atoms with Gasteiger partial charge in [0.15, 0.2) is 0 Å². The van der Waals surface area contributed by atoms with E-state index in [1.54, 1.807) is 0 Å². The lowest BCUT2D eigenvalue weighted by atomic mass is 10.1. The lowest BCUT2D eigenvalue weighted by Gasteiger charge is -2.16. The van der Waals surface area contributed by atoms with Crippen LogP contribution in [0.5, 0.6) is 0 Å². The number of amides is 1. The SMILES string of the molecule is O=C(NCCc1ccccc1)[C@H](Cc1ccccc1)n1cnnn1. The van der Waals surface area contributed by atoms with Crippen LogP contribution in [0, 0.1) is 0 Å². The quantitative estimate of drug-likeness (QED) is 0.720. The molecule has 1 N–H and O–H groups in total. The van der Waals surface area contributed by atoms with Gasteiger partial charge in [0.1, 0.15) is 12.4 Å². The smallest absolute Gasteiger partial charge is 0.245 e. The van der Waals surface area contributed by atoms with Gasteiger partial charge in [0.2, 0.25) is 5.91 Å². The molecule has 1 aromatic heterocycles. The highest BCUT2D eigenvalue weighted by molar-refractivity contribution is 5.80. The summed E-state index contributed by atoms with van der Waals surface area (Å²) in [5, 5.41) is 14.2. The highest BCUT2D eigenvalue weighted by atomic mass is 16.2. The van der Waals surface area contributed by atoms with Crippen LogP contribution >= 0.6 is 0 Å². The van der Waals surface area contributed by atoms with Crippen molar-refractivity contribution in [3.8, 4) is 0 Å². The van der Waals surface area contributed by atoms with Gasteiger partial charge < -0.3 is 5.32 Å². The van der Waals surface area contributed by atoms with E-state index in [4.69, 9.17) is 0 Å². The van der Waals surface area contributed by atoms with Crippen molar-refractivity contribution in [2.75, 3.05) is 6.54 Å². The zero-order valence-corrected chi connectivity index (χ0v) is 13.2. The third-order valence-electron chi connectivity index (χ3n) is 3.81. The van der Waals surface area contributed by atoms with Crippen LogP contribution in [0.25, 0.3) is 0 Å². The second-order valence-electron chi connectivity index (χ2n) is 5.52. The van der Waals surface area contributed by atoms with Crippen LogP contribution in [0.15, 0.2) is 67.0 Å². The van der Waals surface area contributed by atoms with Crippen LogP contribution in [-0.2, 0) is 17.6 Å². The predicted octanol–water partition coefficient (Wildman–Crippen LogP) is 1.82. The maximum atomic E-state index is 12.6. The van der Waals surface area contributed by atoms with E-state index in [2.05, 4.69) is 33.0 Å². The fraction of sp³-hybridized carbons (Fsp3) is 0.222. The van der Waals surface area contributed by atoms with Crippen molar-refractivity contribution >= 4 is 5.91 Å². The molecule has 0 aliphatic carbocycles. The van der Waals surface area contributed by atoms with Crippen molar-refractivity contribution in [3.63, 3.8) is 0 Å². The van der Waals surface area contributed by atoms with E-state index in [9.17, 15) is 4.79 Å². The number of carbonyl (C=O) groups is 1. The Balaban J connectivity index is 1.63. The highest BCUT2D eigenvalue weighted by Gasteiger charge is 2.21. The molecule has 122 valence electrons. The summed E-state index contributed by atoms with van der Waals surface area (Å²) in [6.45, 7) is 0.580. The Morgan fingerprint density at radius 3 is 2.29 bits per heavy atom. The van der Waals surface area contributed by atoms with Crippen molar-refractivity contribution in [2.24, 2.45) is 0 Å². The molecule has 1 heterocycles. The van der Waals surface area contributed by atoms with Crippen LogP contribution < -0.4 is 5.32 Å². The molecule has 6 heteroatoms. The number of nitrogens with one attached hydrogen (secondary N) is 1. The van der Waals surface area contributed by atoms with Gasteiger partial charge in [-0.1, -0.05) is 60.7 Å². The molecule has 2 aromatic carbocycles. The van der Waals surface area contributed by atoms with Crippen LogP contribution in [0.2, 0.25) is 0 Å². The zero-order chi connectivity index (χ0) is 16.6. The first-order chi connectivity index (χ1) is 11.8. The van der Waals surface area contributed by atoms with Gasteiger partial charge in [0.25, 0.3) is 0 Å². The van der Waals surface area contributed by atoms with E-state index < -0.39 is 6.04 Å². The number of carbonyl (C=O) groups excluding carboxylic acids is 1. The highest BCUT2D eigenvalue weighted by Crippen LogP contribution is 2.13. The molecule has 0 fully saturated rings. The maximum absolute atomic E-state index is 12.6. The Morgan fingerprint density at radius 1 is 1.00 bits per heavy atom. The molecule has 0 radical (unpaired) electrons. The molecule has 0 saturated carbocycles. The number of nitrogens with zero attached hydrogens (tertiary/aromatic N) is 4. The second kappa shape index (κ2) is 8.01. The first kappa shape index (κ1) is 15.9. The third-order valence-corrected chi connectivity index (χ3v) is 3.81. The lowest BCUT2D eigenvalue weighted by Crippen LogP contribution is -2.35.